The second-order valence-electron chi connectivity index (χ2n) is 4.62. The van der Waals surface area contributed by atoms with Crippen LogP contribution in [0.3, 0.4) is 0 Å². The summed E-state index contributed by atoms with van der Waals surface area (Å²) >= 11 is 0. The number of rotatable bonds is 8. The molecule has 0 spiro atoms. The van der Waals surface area contributed by atoms with Gasteiger partial charge < -0.3 is 20.6 Å². The molecule has 0 rings (SSSR count). The number of nitrogens with one attached hydrogen (secondary N) is 2. The van der Waals surface area contributed by atoms with Crippen LogP contribution in [-0.2, 0) is 9.59 Å². The topological polar surface area (TPSA) is 98.7 Å². The molecule has 20 heavy (non-hydrogen) atoms. The molecule has 0 saturated heterocycles. The van der Waals surface area contributed by atoms with E-state index in [9.17, 15) is 14.4 Å². The largest absolute Gasteiger partial charge is 0.480 e. The van der Waals surface area contributed by atoms with Crippen molar-refractivity contribution in [1.29, 1.82) is 0 Å². The van der Waals surface area contributed by atoms with E-state index < -0.39 is 18.0 Å². The highest BCUT2D eigenvalue weighted by atomic mass is 16.4. The third kappa shape index (κ3) is 5.90. The van der Waals surface area contributed by atoms with Crippen molar-refractivity contribution in [3.05, 3.63) is 0 Å². The van der Waals surface area contributed by atoms with E-state index in [1.54, 1.807) is 20.8 Å². The van der Waals surface area contributed by atoms with Crippen molar-refractivity contribution in [2.24, 2.45) is 5.92 Å². The Labute approximate surface area is 119 Å². The molecular formula is C13H25N3O4. The average Bonchev–Trinajstić information content (AvgIpc) is 2.40. The summed E-state index contributed by atoms with van der Waals surface area (Å²) in [5.74, 6) is -1.51. The molecule has 0 aromatic heterocycles. The van der Waals surface area contributed by atoms with Gasteiger partial charge in [0.25, 0.3) is 0 Å². The van der Waals surface area contributed by atoms with E-state index in [2.05, 4.69) is 10.6 Å². The van der Waals surface area contributed by atoms with Gasteiger partial charge in [-0.2, -0.15) is 0 Å². The predicted molar refractivity (Wildman–Crippen MR) is 75.3 cm³/mol. The summed E-state index contributed by atoms with van der Waals surface area (Å²) in [4.78, 5) is 35.9. The molecule has 0 heterocycles. The summed E-state index contributed by atoms with van der Waals surface area (Å²) in [5, 5.41) is 14.2. The Balaban J connectivity index is 4.67. The number of urea groups is 1. The van der Waals surface area contributed by atoms with Crippen LogP contribution in [0.2, 0.25) is 0 Å². The Morgan fingerprint density at radius 2 is 1.80 bits per heavy atom. The molecule has 7 heteroatoms. The normalized spacial score (nSPS) is 13.2. The average molecular weight is 287 g/mol. The zero-order valence-corrected chi connectivity index (χ0v) is 12.6. The highest BCUT2D eigenvalue weighted by molar-refractivity contribution is 5.86. The molecule has 0 aliphatic heterocycles. The third-order valence-corrected chi connectivity index (χ3v) is 3.14. The number of hydrogen-bond acceptors (Lipinski definition) is 3. The highest BCUT2D eigenvalue weighted by Crippen LogP contribution is 2.08. The van der Waals surface area contributed by atoms with Crippen molar-refractivity contribution in [2.75, 3.05) is 19.6 Å². The Morgan fingerprint density at radius 3 is 2.20 bits per heavy atom. The van der Waals surface area contributed by atoms with Gasteiger partial charge in [-0.1, -0.05) is 20.3 Å². The van der Waals surface area contributed by atoms with Gasteiger partial charge in [0.1, 0.15) is 12.6 Å². The summed E-state index contributed by atoms with van der Waals surface area (Å²) < 4.78 is 0. The minimum atomic E-state index is -1.07. The van der Waals surface area contributed by atoms with Gasteiger partial charge in [0.2, 0.25) is 5.91 Å². The first kappa shape index (κ1) is 18.2. The van der Waals surface area contributed by atoms with Crippen LogP contribution in [0.4, 0.5) is 4.79 Å². The highest BCUT2D eigenvalue weighted by Gasteiger charge is 2.27. The molecule has 0 aromatic rings. The smallest absolute Gasteiger partial charge is 0.326 e. The van der Waals surface area contributed by atoms with Crippen LogP contribution in [0.5, 0.6) is 0 Å². The van der Waals surface area contributed by atoms with Crippen LogP contribution in [0.15, 0.2) is 0 Å². The molecule has 0 fully saturated rings. The van der Waals surface area contributed by atoms with Gasteiger partial charge in [-0.05, 0) is 19.8 Å². The van der Waals surface area contributed by atoms with Crippen LogP contribution >= 0.6 is 0 Å². The lowest BCUT2D eigenvalue weighted by molar-refractivity contribution is -0.140. The molecule has 7 nitrogen and oxygen atoms in total. The molecule has 116 valence electrons. The molecule has 0 aliphatic rings. The predicted octanol–water partition coefficient (Wildman–Crippen LogP) is 0.653. The molecule has 0 aliphatic carbocycles. The van der Waals surface area contributed by atoms with Crippen molar-refractivity contribution in [2.45, 2.75) is 40.2 Å². The second kappa shape index (κ2) is 9.17. The zero-order valence-electron chi connectivity index (χ0n) is 12.6. The van der Waals surface area contributed by atoms with Crippen molar-refractivity contribution in [1.82, 2.24) is 15.5 Å². The van der Waals surface area contributed by atoms with Crippen molar-refractivity contribution < 1.29 is 19.5 Å². The van der Waals surface area contributed by atoms with Crippen LogP contribution in [-0.4, -0.2) is 53.6 Å². The minimum absolute atomic E-state index is 0.0803. The zero-order chi connectivity index (χ0) is 15.7. The lowest BCUT2D eigenvalue weighted by Crippen LogP contribution is -2.52. The Hall–Kier alpha value is -1.79. The molecular weight excluding hydrogens is 262 g/mol. The fraction of sp³-hybridized carbons (Fsp3) is 0.769. The first-order chi connectivity index (χ1) is 9.37. The van der Waals surface area contributed by atoms with E-state index >= 15 is 0 Å². The van der Waals surface area contributed by atoms with E-state index in [4.69, 9.17) is 5.11 Å². The molecule has 3 amide bonds. The number of nitrogens with zero attached hydrogens (tertiary/aromatic N) is 1. The standard InChI is InChI=1S/C13H25N3O4/c1-5-9(4)11(12(18)19)15-13(20)16(7-3)8-10(17)14-6-2/h9,11H,5-8H2,1-4H3,(H,14,17)(H,15,20)(H,18,19)/t9-,11-/m0/s1. The summed E-state index contributed by atoms with van der Waals surface area (Å²) in [7, 11) is 0. The van der Waals surface area contributed by atoms with Crippen molar-refractivity contribution in [3.8, 4) is 0 Å². The SMILES string of the molecule is CCNC(=O)CN(CC)C(=O)N[C@H](C(=O)O)[C@@H](C)CC. The fourth-order valence-electron chi connectivity index (χ4n) is 1.66. The Morgan fingerprint density at radius 1 is 1.20 bits per heavy atom. The van der Waals surface area contributed by atoms with Crippen LogP contribution in [0.1, 0.15) is 34.1 Å². The van der Waals surface area contributed by atoms with Crippen molar-refractivity contribution >= 4 is 17.9 Å². The van der Waals surface area contributed by atoms with Gasteiger partial charge >= 0.3 is 12.0 Å². The number of carbonyl (C=O) groups is 3. The molecule has 0 saturated carbocycles. The molecule has 0 radical (unpaired) electrons. The van der Waals surface area contributed by atoms with Gasteiger partial charge in [-0.25, -0.2) is 9.59 Å². The monoisotopic (exact) mass is 287 g/mol. The molecule has 0 unspecified atom stereocenters. The summed E-state index contributed by atoms with van der Waals surface area (Å²) in [6.45, 7) is 7.88. The van der Waals surface area contributed by atoms with Gasteiger partial charge in [0, 0.05) is 13.1 Å². The van der Waals surface area contributed by atoms with E-state index in [0.717, 1.165) is 0 Å². The number of carboxylic acid groups (broad SMARTS) is 1. The molecule has 3 N–H and O–H groups in total. The number of carbonyl (C=O) groups excluding carboxylic acids is 2. The van der Waals surface area contributed by atoms with E-state index in [0.29, 0.717) is 19.5 Å². The maximum absolute atomic E-state index is 12.0. The van der Waals surface area contributed by atoms with Crippen LogP contribution < -0.4 is 10.6 Å². The summed E-state index contributed by atoms with van der Waals surface area (Å²) in [5.41, 5.74) is 0. The quantitative estimate of drug-likeness (QED) is 0.610. The number of hydrogen-bond donors (Lipinski definition) is 3. The maximum Gasteiger partial charge on any atom is 0.326 e. The van der Waals surface area contributed by atoms with Crippen LogP contribution in [0, 0.1) is 5.92 Å². The third-order valence-electron chi connectivity index (χ3n) is 3.14. The lowest BCUT2D eigenvalue weighted by Gasteiger charge is -2.25. The first-order valence-electron chi connectivity index (χ1n) is 6.92. The van der Waals surface area contributed by atoms with Gasteiger partial charge in [0.05, 0.1) is 0 Å². The van der Waals surface area contributed by atoms with Gasteiger partial charge in [-0.15, -0.1) is 0 Å². The number of amides is 3. The van der Waals surface area contributed by atoms with E-state index in [1.165, 1.54) is 4.90 Å². The van der Waals surface area contributed by atoms with E-state index in [-0.39, 0.29) is 18.4 Å². The summed E-state index contributed by atoms with van der Waals surface area (Å²) in [6, 6.07) is -1.48. The van der Waals surface area contributed by atoms with Gasteiger partial charge in [0.15, 0.2) is 0 Å². The maximum atomic E-state index is 12.0. The fourth-order valence-corrected chi connectivity index (χ4v) is 1.66. The second-order valence-corrected chi connectivity index (χ2v) is 4.62. The Kier molecular flexibility index (Phi) is 8.35. The Bertz CT molecular complexity index is 347. The van der Waals surface area contributed by atoms with Crippen LogP contribution in [0.25, 0.3) is 0 Å². The van der Waals surface area contributed by atoms with Crippen molar-refractivity contribution in [3.63, 3.8) is 0 Å². The molecule has 2 atom stereocenters. The van der Waals surface area contributed by atoms with E-state index in [1.807, 2.05) is 6.92 Å². The number of carboxylic acids is 1. The first-order valence-corrected chi connectivity index (χ1v) is 6.92. The minimum Gasteiger partial charge on any atom is -0.480 e. The molecule has 0 aromatic carbocycles. The summed E-state index contributed by atoms with van der Waals surface area (Å²) in [6.07, 6.45) is 0.639. The van der Waals surface area contributed by atoms with Gasteiger partial charge in [-0.3, -0.25) is 4.79 Å². The molecule has 0 bridgehead atoms. The lowest BCUT2D eigenvalue weighted by atomic mass is 9.99. The number of aliphatic carboxylic acids is 1. The number of likely N-dealkylation sites (N-methyl/N-ethyl adjacent to an activating group) is 2.